The van der Waals surface area contributed by atoms with Crippen LogP contribution >= 0.6 is 23.4 Å². The maximum atomic E-state index is 12.4. The Morgan fingerprint density at radius 1 is 1.33 bits per heavy atom. The number of carbonyl (C=O) groups excluding carboxylic acids is 1. The zero-order chi connectivity index (χ0) is 18.8. The van der Waals surface area contributed by atoms with E-state index in [4.69, 9.17) is 16.3 Å². The summed E-state index contributed by atoms with van der Waals surface area (Å²) in [6.07, 6.45) is 4.70. The van der Waals surface area contributed by atoms with Crippen LogP contribution in [-0.2, 0) is 4.79 Å². The number of nitrogens with one attached hydrogen (secondary N) is 1. The topological polar surface area (TPSA) is 72.3 Å². The molecule has 1 aliphatic heterocycles. The number of hydrogen-bond donors (Lipinski definition) is 1. The van der Waals surface area contributed by atoms with Crippen LogP contribution in [-0.4, -0.2) is 46.6 Å². The molecule has 1 saturated carbocycles. The fraction of sp³-hybridized carbons (Fsp3) is 0.500. The van der Waals surface area contributed by atoms with Crippen LogP contribution in [0.15, 0.2) is 23.4 Å². The van der Waals surface area contributed by atoms with Gasteiger partial charge in [-0.05, 0) is 43.9 Å². The predicted octanol–water partition coefficient (Wildman–Crippen LogP) is 3.61. The third kappa shape index (κ3) is 4.16. The van der Waals surface area contributed by atoms with E-state index in [1.165, 1.54) is 24.6 Å². The molecule has 27 heavy (non-hydrogen) atoms. The van der Waals surface area contributed by atoms with Gasteiger partial charge in [-0.25, -0.2) is 0 Å². The van der Waals surface area contributed by atoms with Crippen LogP contribution < -0.4 is 15.0 Å². The lowest BCUT2D eigenvalue weighted by Crippen LogP contribution is -2.22. The number of nitrogens with zero attached hydrogens (tertiary/aromatic N) is 4. The van der Waals surface area contributed by atoms with E-state index in [1.807, 2.05) is 0 Å². The molecule has 0 unspecified atom stereocenters. The van der Waals surface area contributed by atoms with Gasteiger partial charge in [0.1, 0.15) is 5.75 Å². The molecule has 2 aliphatic rings. The molecular weight excluding hydrogens is 386 g/mol. The minimum absolute atomic E-state index is 0.131. The summed E-state index contributed by atoms with van der Waals surface area (Å²) in [5, 5.41) is 13.0. The van der Waals surface area contributed by atoms with Gasteiger partial charge in [0, 0.05) is 24.2 Å². The SMILES string of the molecule is COc1ccc(Cl)cc1NC(=O)CSc1nnc(N2CCCC2)n1C1CC1. The van der Waals surface area contributed by atoms with Crippen molar-refractivity contribution < 1.29 is 9.53 Å². The first-order valence-corrected chi connectivity index (χ1v) is 10.5. The van der Waals surface area contributed by atoms with E-state index in [0.29, 0.717) is 22.5 Å². The average molecular weight is 408 g/mol. The lowest BCUT2D eigenvalue weighted by Gasteiger charge is -2.18. The molecule has 2 fully saturated rings. The summed E-state index contributed by atoms with van der Waals surface area (Å²) in [4.78, 5) is 14.7. The molecule has 1 saturated heterocycles. The van der Waals surface area contributed by atoms with Crippen molar-refractivity contribution in [3.8, 4) is 5.75 Å². The Kier molecular flexibility index (Phi) is 5.45. The Balaban J connectivity index is 1.43. The number of ether oxygens (including phenoxy) is 1. The van der Waals surface area contributed by atoms with Crippen LogP contribution in [0.5, 0.6) is 5.75 Å². The highest BCUT2D eigenvalue weighted by atomic mass is 35.5. The molecule has 144 valence electrons. The molecule has 0 spiro atoms. The first-order chi connectivity index (χ1) is 13.2. The highest BCUT2D eigenvalue weighted by molar-refractivity contribution is 7.99. The van der Waals surface area contributed by atoms with Crippen molar-refractivity contribution in [1.29, 1.82) is 0 Å². The van der Waals surface area contributed by atoms with E-state index >= 15 is 0 Å². The lowest BCUT2D eigenvalue weighted by molar-refractivity contribution is -0.113. The average Bonchev–Trinajstić information content (AvgIpc) is 3.18. The maximum absolute atomic E-state index is 12.4. The summed E-state index contributed by atoms with van der Waals surface area (Å²) < 4.78 is 7.48. The highest BCUT2D eigenvalue weighted by Gasteiger charge is 2.32. The number of thioether (sulfide) groups is 1. The summed E-state index contributed by atoms with van der Waals surface area (Å²) >= 11 is 7.44. The van der Waals surface area contributed by atoms with Crippen LogP contribution in [0.1, 0.15) is 31.7 Å². The summed E-state index contributed by atoms with van der Waals surface area (Å²) in [7, 11) is 1.56. The Labute approximate surface area is 167 Å². The van der Waals surface area contributed by atoms with Gasteiger partial charge in [0.25, 0.3) is 0 Å². The van der Waals surface area contributed by atoms with Crippen molar-refractivity contribution in [2.75, 3.05) is 36.2 Å². The molecule has 0 radical (unpaired) electrons. The van der Waals surface area contributed by atoms with Gasteiger partial charge in [-0.1, -0.05) is 23.4 Å². The first-order valence-electron chi connectivity index (χ1n) is 9.12. The zero-order valence-corrected chi connectivity index (χ0v) is 16.7. The summed E-state index contributed by atoms with van der Waals surface area (Å²) in [5.41, 5.74) is 0.567. The van der Waals surface area contributed by atoms with Crippen LogP contribution in [0, 0.1) is 0 Å². The molecule has 1 aromatic carbocycles. The largest absolute Gasteiger partial charge is 0.495 e. The summed E-state index contributed by atoms with van der Waals surface area (Å²) in [6.45, 7) is 2.06. The van der Waals surface area contributed by atoms with Gasteiger partial charge in [-0.15, -0.1) is 10.2 Å². The molecule has 4 rings (SSSR count). The van der Waals surface area contributed by atoms with Gasteiger partial charge < -0.3 is 15.0 Å². The van der Waals surface area contributed by atoms with Crippen LogP contribution in [0.25, 0.3) is 0 Å². The van der Waals surface area contributed by atoms with Gasteiger partial charge in [0.05, 0.1) is 18.6 Å². The number of rotatable bonds is 7. The van der Waals surface area contributed by atoms with E-state index in [-0.39, 0.29) is 11.7 Å². The van der Waals surface area contributed by atoms with Crippen molar-refractivity contribution in [2.24, 2.45) is 0 Å². The highest BCUT2D eigenvalue weighted by Crippen LogP contribution is 2.41. The second kappa shape index (κ2) is 7.98. The molecule has 1 N–H and O–H groups in total. The third-order valence-electron chi connectivity index (χ3n) is 4.72. The number of carbonyl (C=O) groups is 1. The molecule has 2 aromatic rings. The lowest BCUT2D eigenvalue weighted by atomic mass is 10.3. The van der Waals surface area contributed by atoms with Crippen LogP contribution in [0.3, 0.4) is 0 Å². The molecular formula is C18H22ClN5O2S. The van der Waals surface area contributed by atoms with E-state index in [1.54, 1.807) is 25.3 Å². The minimum Gasteiger partial charge on any atom is -0.495 e. The number of hydrogen-bond acceptors (Lipinski definition) is 6. The number of anilines is 2. The smallest absolute Gasteiger partial charge is 0.234 e. The second-order valence-corrected chi connectivity index (χ2v) is 8.14. The van der Waals surface area contributed by atoms with Crippen molar-refractivity contribution >= 4 is 40.9 Å². The molecule has 9 heteroatoms. The normalized spacial score (nSPS) is 16.6. The van der Waals surface area contributed by atoms with Crippen molar-refractivity contribution in [3.63, 3.8) is 0 Å². The van der Waals surface area contributed by atoms with Crippen molar-refractivity contribution in [2.45, 2.75) is 36.9 Å². The van der Waals surface area contributed by atoms with Crippen molar-refractivity contribution in [1.82, 2.24) is 14.8 Å². The maximum Gasteiger partial charge on any atom is 0.234 e. The van der Waals surface area contributed by atoms with E-state index in [0.717, 1.165) is 37.0 Å². The Morgan fingerprint density at radius 3 is 2.81 bits per heavy atom. The number of halogens is 1. The van der Waals surface area contributed by atoms with Gasteiger partial charge in [0.2, 0.25) is 11.9 Å². The Hall–Kier alpha value is -1.93. The number of aromatic nitrogens is 3. The third-order valence-corrected chi connectivity index (χ3v) is 5.89. The zero-order valence-electron chi connectivity index (χ0n) is 15.2. The summed E-state index contributed by atoms with van der Waals surface area (Å²) in [6, 6.07) is 5.61. The Bertz CT molecular complexity index is 833. The fourth-order valence-corrected chi connectivity index (χ4v) is 4.22. The van der Waals surface area contributed by atoms with Gasteiger partial charge in [-0.3, -0.25) is 9.36 Å². The summed E-state index contributed by atoms with van der Waals surface area (Å²) in [5.74, 6) is 1.65. The number of amides is 1. The molecule has 1 amide bonds. The van der Waals surface area contributed by atoms with Crippen LogP contribution in [0.2, 0.25) is 5.02 Å². The van der Waals surface area contributed by atoms with Gasteiger partial charge in [-0.2, -0.15) is 0 Å². The fourth-order valence-electron chi connectivity index (χ4n) is 3.25. The van der Waals surface area contributed by atoms with E-state index < -0.39 is 0 Å². The molecule has 1 aliphatic carbocycles. The first kappa shape index (κ1) is 18.4. The van der Waals surface area contributed by atoms with Crippen molar-refractivity contribution in [3.05, 3.63) is 23.2 Å². The molecule has 0 bridgehead atoms. The number of methoxy groups -OCH3 is 1. The number of benzene rings is 1. The van der Waals surface area contributed by atoms with Gasteiger partial charge >= 0.3 is 0 Å². The van der Waals surface area contributed by atoms with Gasteiger partial charge in [0.15, 0.2) is 5.16 Å². The predicted molar refractivity (Wildman–Crippen MR) is 107 cm³/mol. The second-order valence-electron chi connectivity index (χ2n) is 6.76. The van der Waals surface area contributed by atoms with E-state index in [2.05, 4.69) is 25.0 Å². The molecule has 1 aromatic heterocycles. The monoisotopic (exact) mass is 407 g/mol. The quantitative estimate of drug-likeness (QED) is 0.707. The molecule has 2 heterocycles. The Morgan fingerprint density at radius 2 is 2.11 bits per heavy atom. The molecule has 7 nitrogen and oxygen atoms in total. The van der Waals surface area contributed by atoms with Crippen LogP contribution in [0.4, 0.5) is 11.6 Å². The molecule has 0 atom stereocenters. The standard InChI is InChI=1S/C18H22ClN5O2S/c1-26-15-7-4-12(19)10-14(15)20-16(25)11-27-18-22-21-17(23-8-2-3-9-23)24(18)13-5-6-13/h4,7,10,13H,2-3,5-6,8-9,11H2,1H3,(H,20,25). The van der Waals surface area contributed by atoms with E-state index in [9.17, 15) is 4.79 Å². The minimum atomic E-state index is -0.131.